The summed E-state index contributed by atoms with van der Waals surface area (Å²) in [5.74, 6) is 0.597. The smallest absolute Gasteiger partial charge is 0.137 e. The molecule has 24 heavy (non-hydrogen) atoms. The van der Waals surface area contributed by atoms with E-state index in [-0.39, 0.29) is 0 Å². The molecule has 0 radical (unpaired) electrons. The summed E-state index contributed by atoms with van der Waals surface area (Å²) in [6, 6.07) is 16.3. The van der Waals surface area contributed by atoms with E-state index in [0.29, 0.717) is 24.5 Å². The Bertz CT molecular complexity index is 686. The van der Waals surface area contributed by atoms with Gasteiger partial charge in [0.15, 0.2) is 0 Å². The highest BCUT2D eigenvalue weighted by atomic mass is 16.5. The van der Waals surface area contributed by atoms with Crippen LogP contribution in [-0.2, 0) is 4.74 Å². The molecular formula is C20H24N2O2. The third-order valence-corrected chi connectivity index (χ3v) is 3.99. The maximum atomic E-state index is 9.57. The summed E-state index contributed by atoms with van der Waals surface area (Å²) in [5.41, 5.74) is 3.65. The lowest BCUT2D eigenvalue weighted by Gasteiger charge is -2.21. The highest BCUT2D eigenvalue weighted by Crippen LogP contribution is 2.31. The molecule has 0 aliphatic heterocycles. The van der Waals surface area contributed by atoms with E-state index in [4.69, 9.17) is 9.47 Å². The Labute approximate surface area is 144 Å². The molecule has 2 rings (SSSR count). The Balaban J connectivity index is 2.31. The Morgan fingerprint density at radius 3 is 2.29 bits per heavy atom. The topological polar surface area (TPSA) is 45.5 Å². The second-order valence-electron chi connectivity index (χ2n) is 5.35. The zero-order valence-electron chi connectivity index (χ0n) is 14.6. The minimum atomic E-state index is 0.426. The van der Waals surface area contributed by atoms with Crippen LogP contribution in [0.5, 0.6) is 5.75 Å². The van der Waals surface area contributed by atoms with Crippen molar-refractivity contribution in [1.82, 2.24) is 0 Å². The van der Waals surface area contributed by atoms with Crippen molar-refractivity contribution in [3.05, 3.63) is 48.0 Å². The van der Waals surface area contributed by atoms with Crippen LogP contribution in [0.3, 0.4) is 0 Å². The number of benzene rings is 2. The fourth-order valence-corrected chi connectivity index (χ4v) is 2.68. The maximum absolute atomic E-state index is 9.57. The highest BCUT2D eigenvalue weighted by Gasteiger charge is 2.11. The van der Waals surface area contributed by atoms with Crippen molar-refractivity contribution in [3.8, 4) is 22.9 Å². The molecule has 4 nitrogen and oxygen atoms in total. The van der Waals surface area contributed by atoms with Crippen LogP contribution in [0.15, 0.2) is 42.5 Å². The normalized spacial score (nSPS) is 10.2. The lowest BCUT2D eigenvalue weighted by Crippen LogP contribution is -2.21. The van der Waals surface area contributed by atoms with Crippen molar-refractivity contribution in [2.24, 2.45) is 0 Å². The lowest BCUT2D eigenvalue weighted by atomic mass is 9.99. The summed E-state index contributed by atoms with van der Waals surface area (Å²) in [7, 11) is 1.63. The van der Waals surface area contributed by atoms with Crippen LogP contribution in [-0.4, -0.2) is 33.4 Å². The fraction of sp³-hybridized carbons (Fsp3) is 0.350. The molecule has 0 spiro atoms. The molecule has 0 heterocycles. The average molecular weight is 324 g/mol. The second-order valence-corrected chi connectivity index (χ2v) is 5.35. The van der Waals surface area contributed by atoms with Crippen molar-refractivity contribution in [2.45, 2.75) is 13.8 Å². The zero-order valence-corrected chi connectivity index (χ0v) is 14.6. The zero-order chi connectivity index (χ0) is 17.4. The fourth-order valence-electron chi connectivity index (χ4n) is 2.68. The van der Waals surface area contributed by atoms with Crippen molar-refractivity contribution >= 4 is 5.69 Å². The van der Waals surface area contributed by atoms with Gasteiger partial charge in [0.05, 0.1) is 6.61 Å². The van der Waals surface area contributed by atoms with Crippen LogP contribution in [0.25, 0.3) is 11.1 Å². The molecule has 0 saturated carbocycles. The van der Waals surface area contributed by atoms with Gasteiger partial charge in [-0.2, -0.15) is 5.26 Å². The van der Waals surface area contributed by atoms with Gasteiger partial charge in [0.25, 0.3) is 0 Å². The summed E-state index contributed by atoms with van der Waals surface area (Å²) in [6.45, 7) is 7.16. The van der Waals surface area contributed by atoms with Crippen LogP contribution in [0.4, 0.5) is 5.69 Å². The predicted octanol–water partition coefficient (Wildman–Crippen LogP) is 4.10. The quantitative estimate of drug-likeness (QED) is 0.686. The monoisotopic (exact) mass is 324 g/mol. The Morgan fingerprint density at radius 2 is 1.71 bits per heavy atom. The molecule has 0 unspecified atom stereocenters. The van der Waals surface area contributed by atoms with Crippen molar-refractivity contribution in [3.63, 3.8) is 0 Å². The van der Waals surface area contributed by atoms with E-state index < -0.39 is 0 Å². The van der Waals surface area contributed by atoms with Crippen molar-refractivity contribution in [1.29, 1.82) is 5.26 Å². The van der Waals surface area contributed by atoms with Gasteiger partial charge in [0.2, 0.25) is 0 Å². The Hall–Kier alpha value is -2.51. The molecule has 0 bridgehead atoms. The number of methoxy groups -OCH3 is 1. The minimum Gasteiger partial charge on any atom is -0.490 e. The molecule has 0 atom stereocenters. The van der Waals surface area contributed by atoms with Gasteiger partial charge in [-0.25, -0.2) is 0 Å². The van der Waals surface area contributed by atoms with Crippen LogP contribution >= 0.6 is 0 Å². The van der Waals surface area contributed by atoms with Crippen LogP contribution in [0.1, 0.15) is 19.4 Å². The van der Waals surface area contributed by atoms with Crippen LogP contribution < -0.4 is 9.64 Å². The number of anilines is 1. The molecule has 126 valence electrons. The third kappa shape index (κ3) is 4.06. The third-order valence-electron chi connectivity index (χ3n) is 3.99. The van der Waals surface area contributed by atoms with Gasteiger partial charge < -0.3 is 14.4 Å². The van der Waals surface area contributed by atoms with Crippen LogP contribution in [0, 0.1) is 11.3 Å². The minimum absolute atomic E-state index is 0.426. The van der Waals surface area contributed by atoms with E-state index in [1.807, 2.05) is 18.2 Å². The van der Waals surface area contributed by atoms with Gasteiger partial charge in [0, 0.05) is 31.5 Å². The highest BCUT2D eigenvalue weighted by molar-refractivity contribution is 5.75. The summed E-state index contributed by atoms with van der Waals surface area (Å²) < 4.78 is 10.7. The van der Waals surface area contributed by atoms with E-state index in [1.165, 1.54) is 5.69 Å². The number of nitrogens with zero attached hydrogens (tertiary/aromatic N) is 2. The standard InChI is InChI=1S/C20H24N2O2/c1-4-22(5-2)17-11-9-16(10-12-17)18-7-6-8-20(19(18)15-21)24-14-13-23-3/h6-12H,4-5,13-14H2,1-3H3. The van der Waals surface area contributed by atoms with Gasteiger partial charge >= 0.3 is 0 Å². The molecular weight excluding hydrogens is 300 g/mol. The number of hydrogen-bond donors (Lipinski definition) is 0. The summed E-state index contributed by atoms with van der Waals surface area (Å²) >= 11 is 0. The number of rotatable bonds is 8. The largest absolute Gasteiger partial charge is 0.490 e. The maximum Gasteiger partial charge on any atom is 0.137 e. The number of hydrogen-bond acceptors (Lipinski definition) is 4. The van der Waals surface area contributed by atoms with Gasteiger partial charge in [-0.1, -0.05) is 24.3 Å². The van der Waals surface area contributed by atoms with E-state index in [2.05, 4.69) is 49.1 Å². The SMILES string of the molecule is CCN(CC)c1ccc(-c2cccc(OCCOC)c2C#N)cc1. The first-order valence-corrected chi connectivity index (χ1v) is 8.25. The van der Waals surface area contributed by atoms with Gasteiger partial charge in [-0.05, 0) is 37.6 Å². The average Bonchev–Trinajstić information content (AvgIpc) is 2.63. The van der Waals surface area contributed by atoms with Gasteiger partial charge in [-0.3, -0.25) is 0 Å². The first kappa shape index (κ1) is 17.8. The van der Waals surface area contributed by atoms with Gasteiger partial charge in [-0.15, -0.1) is 0 Å². The molecule has 0 aliphatic carbocycles. The number of ether oxygens (including phenoxy) is 2. The molecule has 2 aromatic carbocycles. The summed E-state index contributed by atoms with van der Waals surface area (Å²) in [6.07, 6.45) is 0. The van der Waals surface area contributed by atoms with Crippen LogP contribution in [0.2, 0.25) is 0 Å². The molecule has 0 aliphatic rings. The van der Waals surface area contributed by atoms with E-state index in [9.17, 15) is 5.26 Å². The molecule has 0 amide bonds. The van der Waals surface area contributed by atoms with Crippen molar-refractivity contribution < 1.29 is 9.47 Å². The first-order chi connectivity index (χ1) is 11.7. The molecule has 0 N–H and O–H groups in total. The number of nitriles is 1. The molecule has 4 heteroatoms. The Kier molecular flexibility index (Phi) is 6.65. The second kappa shape index (κ2) is 8.95. The molecule has 0 fully saturated rings. The molecule has 2 aromatic rings. The molecule has 0 saturated heterocycles. The Morgan fingerprint density at radius 1 is 1.00 bits per heavy atom. The summed E-state index contributed by atoms with van der Waals surface area (Å²) in [4.78, 5) is 2.29. The van der Waals surface area contributed by atoms with E-state index >= 15 is 0 Å². The van der Waals surface area contributed by atoms with Gasteiger partial charge in [0.1, 0.15) is 24.0 Å². The van der Waals surface area contributed by atoms with E-state index in [1.54, 1.807) is 7.11 Å². The molecule has 0 aromatic heterocycles. The van der Waals surface area contributed by atoms with E-state index in [0.717, 1.165) is 24.2 Å². The van der Waals surface area contributed by atoms with Crippen molar-refractivity contribution in [2.75, 3.05) is 38.3 Å². The first-order valence-electron chi connectivity index (χ1n) is 8.25. The lowest BCUT2D eigenvalue weighted by molar-refractivity contribution is 0.146. The predicted molar refractivity (Wildman–Crippen MR) is 97.5 cm³/mol. The summed E-state index contributed by atoms with van der Waals surface area (Å²) in [5, 5.41) is 9.57.